The van der Waals surface area contributed by atoms with Crippen LogP contribution in [-0.2, 0) is 0 Å². The fourth-order valence-corrected chi connectivity index (χ4v) is 4.07. The molecular weight excluding hydrogens is 332 g/mol. The normalized spacial score (nSPS) is 21.0. The topological polar surface area (TPSA) is 78.7 Å². The number of anilines is 1. The Kier molecular flexibility index (Phi) is 6.08. The lowest BCUT2D eigenvalue weighted by molar-refractivity contribution is -0.384. The summed E-state index contributed by atoms with van der Waals surface area (Å²) in [5.41, 5.74) is 1.01. The smallest absolute Gasteiger partial charge is 0.293 e. The highest BCUT2D eigenvalue weighted by Crippen LogP contribution is 2.31. The molecule has 2 saturated heterocycles. The number of rotatable bonds is 6. The van der Waals surface area contributed by atoms with Crippen LogP contribution >= 0.6 is 0 Å². The lowest BCUT2D eigenvalue weighted by Gasteiger charge is -2.28. The van der Waals surface area contributed by atoms with Crippen LogP contribution in [0.4, 0.5) is 11.4 Å². The maximum atomic E-state index is 12.5. The summed E-state index contributed by atoms with van der Waals surface area (Å²) in [5, 5.41) is 14.5. The van der Waals surface area contributed by atoms with Crippen molar-refractivity contribution in [3.8, 4) is 0 Å². The Morgan fingerprint density at radius 1 is 1.23 bits per heavy atom. The van der Waals surface area contributed by atoms with Gasteiger partial charge in [-0.1, -0.05) is 6.92 Å². The molecule has 2 heterocycles. The van der Waals surface area contributed by atoms with Gasteiger partial charge in [0.15, 0.2) is 0 Å². The van der Waals surface area contributed by atoms with E-state index in [-0.39, 0.29) is 16.5 Å². The number of benzene rings is 1. The van der Waals surface area contributed by atoms with E-state index in [9.17, 15) is 14.9 Å². The van der Waals surface area contributed by atoms with Crippen LogP contribution in [0.1, 0.15) is 49.4 Å². The largest absolute Gasteiger partial charge is 0.366 e. The molecule has 0 bridgehead atoms. The van der Waals surface area contributed by atoms with Crippen LogP contribution in [-0.4, -0.2) is 54.5 Å². The second-order valence-corrected chi connectivity index (χ2v) is 7.14. The van der Waals surface area contributed by atoms with Gasteiger partial charge >= 0.3 is 0 Å². The molecule has 1 amide bonds. The van der Waals surface area contributed by atoms with E-state index >= 15 is 0 Å². The highest BCUT2D eigenvalue weighted by atomic mass is 16.6. The number of piperidine rings is 1. The Balaban J connectivity index is 1.70. The fraction of sp³-hybridized carbons (Fsp3) is 0.632. The molecule has 2 aliphatic rings. The average Bonchev–Trinajstić information content (AvgIpc) is 3.14. The predicted molar refractivity (Wildman–Crippen MR) is 102 cm³/mol. The maximum Gasteiger partial charge on any atom is 0.293 e. The monoisotopic (exact) mass is 360 g/mol. The van der Waals surface area contributed by atoms with Crippen molar-refractivity contribution < 1.29 is 9.72 Å². The third-order valence-corrected chi connectivity index (χ3v) is 5.53. The molecule has 1 aromatic rings. The molecule has 1 aromatic carbocycles. The van der Waals surface area contributed by atoms with E-state index in [1.807, 2.05) is 0 Å². The van der Waals surface area contributed by atoms with Gasteiger partial charge in [-0.25, -0.2) is 0 Å². The number of nitro groups is 1. The van der Waals surface area contributed by atoms with E-state index in [0.29, 0.717) is 23.8 Å². The van der Waals surface area contributed by atoms with Crippen molar-refractivity contribution in [2.75, 3.05) is 37.6 Å². The second kappa shape index (κ2) is 8.49. The van der Waals surface area contributed by atoms with E-state index in [0.717, 1.165) is 51.9 Å². The van der Waals surface area contributed by atoms with Gasteiger partial charge in [0.2, 0.25) is 0 Å². The predicted octanol–water partition coefficient (Wildman–Crippen LogP) is 2.80. The van der Waals surface area contributed by atoms with Crippen LogP contribution in [0, 0.1) is 10.1 Å². The molecule has 7 nitrogen and oxygen atoms in total. The molecule has 2 fully saturated rings. The van der Waals surface area contributed by atoms with Crippen LogP contribution in [0.2, 0.25) is 0 Å². The van der Waals surface area contributed by atoms with Gasteiger partial charge in [0, 0.05) is 37.3 Å². The first-order valence-corrected chi connectivity index (χ1v) is 9.65. The zero-order chi connectivity index (χ0) is 18.5. The van der Waals surface area contributed by atoms with Crippen molar-refractivity contribution in [2.24, 2.45) is 0 Å². The molecule has 1 N–H and O–H groups in total. The standard InChI is InChI=1S/C19H28N4O3/c1-2-21-12-6-7-16(21)14-20-19(24)15-8-9-17(18(13-15)23(25)26)22-10-4-3-5-11-22/h8-9,13,16H,2-7,10-12,14H2,1H3,(H,20,24)/t16-/m1/s1. The lowest BCUT2D eigenvalue weighted by atomic mass is 10.1. The first kappa shape index (κ1) is 18.6. The van der Waals surface area contributed by atoms with Crippen LogP contribution in [0.15, 0.2) is 18.2 Å². The summed E-state index contributed by atoms with van der Waals surface area (Å²) >= 11 is 0. The summed E-state index contributed by atoms with van der Waals surface area (Å²) in [6.45, 7) is 6.45. The summed E-state index contributed by atoms with van der Waals surface area (Å²) < 4.78 is 0. The molecule has 26 heavy (non-hydrogen) atoms. The van der Waals surface area contributed by atoms with Crippen LogP contribution in [0.25, 0.3) is 0 Å². The van der Waals surface area contributed by atoms with Gasteiger partial charge in [-0.15, -0.1) is 0 Å². The quantitative estimate of drug-likeness (QED) is 0.623. The Hall–Kier alpha value is -2.15. The van der Waals surface area contributed by atoms with Gasteiger partial charge in [-0.3, -0.25) is 19.8 Å². The molecule has 3 rings (SSSR count). The minimum absolute atomic E-state index is 0.0237. The zero-order valence-electron chi connectivity index (χ0n) is 15.4. The summed E-state index contributed by atoms with van der Waals surface area (Å²) in [4.78, 5) is 28.1. The number of carbonyl (C=O) groups is 1. The molecule has 0 aliphatic carbocycles. The number of carbonyl (C=O) groups excluding carboxylic acids is 1. The number of hydrogen-bond acceptors (Lipinski definition) is 5. The number of likely N-dealkylation sites (N-methyl/N-ethyl adjacent to an activating group) is 1. The summed E-state index contributed by atoms with van der Waals surface area (Å²) in [5.74, 6) is -0.235. The Morgan fingerprint density at radius 2 is 2.00 bits per heavy atom. The minimum atomic E-state index is -0.378. The number of nitro benzene ring substituents is 1. The third-order valence-electron chi connectivity index (χ3n) is 5.53. The minimum Gasteiger partial charge on any atom is -0.366 e. The van der Waals surface area contributed by atoms with Gasteiger partial charge in [0.25, 0.3) is 11.6 Å². The molecule has 7 heteroatoms. The number of hydrogen-bond donors (Lipinski definition) is 1. The highest BCUT2D eigenvalue weighted by molar-refractivity contribution is 5.95. The molecule has 1 atom stereocenters. The van der Waals surface area contributed by atoms with Crippen molar-refractivity contribution in [3.63, 3.8) is 0 Å². The van der Waals surface area contributed by atoms with Crippen LogP contribution in [0.3, 0.4) is 0 Å². The Morgan fingerprint density at radius 3 is 2.69 bits per heavy atom. The summed E-state index contributed by atoms with van der Waals surface area (Å²) in [6.07, 6.45) is 5.51. The summed E-state index contributed by atoms with van der Waals surface area (Å²) in [6, 6.07) is 5.22. The average molecular weight is 360 g/mol. The number of likely N-dealkylation sites (tertiary alicyclic amines) is 1. The third kappa shape index (κ3) is 4.15. The van der Waals surface area contributed by atoms with Crippen molar-refractivity contribution in [3.05, 3.63) is 33.9 Å². The van der Waals surface area contributed by atoms with Gasteiger partial charge in [0.1, 0.15) is 5.69 Å². The molecule has 142 valence electrons. The number of amides is 1. The molecule has 0 unspecified atom stereocenters. The Labute approximate surface area is 154 Å². The van der Waals surface area contributed by atoms with E-state index in [2.05, 4.69) is 22.0 Å². The highest BCUT2D eigenvalue weighted by Gasteiger charge is 2.25. The fourth-order valence-electron chi connectivity index (χ4n) is 4.07. The van der Waals surface area contributed by atoms with Crippen molar-refractivity contribution >= 4 is 17.3 Å². The molecule has 0 aromatic heterocycles. The van der Waals surface area contributed by atoms with E-state index < -0.39 is 0 Å². The van der Waals surface area contributed by atoms with E-state index in [1.54, 1.807) is 12.1 Å². The molecule has 2 aliphatic heterocycles. The number of nitrogens with zero attached hydrogens (tertiary/aromatic N) is 3. The van der Waals surface area contributed by atoms with Crippen molar-refractivity contribution in [1.29, 1.82) is 0 Å². The molecule has 0 saturated carbocycles. The molecule has 0 radical (unpaired) electrons. The lowest BCUT2D eigenvalue weighted by Crippen LogP contribution is -2.40. The van der Waals surface area contributed by atoms with Gasteiger partial charge in [0.05, 0.1) is 4.92 Å². The van der Waals surface area contributed by atoms with Gasteiger partial charge < -0.3 is 10.2 Å². The number of nitrogens with one attached hydrogen (secondary N) is 1. The van der Waals surface area contributed by atoms with Crippen LogP contribution < -0.4 is 10.2 Å². The van der Waals surface area contributed by atoms with E-state index in [4.69, 9.17) is 0 Å². The summed E-state index contributed by atoms with van der Waals surface area (Å²) in [7, 11) is 0. The Bertz CT molecular complexity index is 658. The van der Waals surface area contributed by atoms with Crippen molar-refractivity contribution in [1.82, 2.24) is 10.2 Å². The molecular formula is C19H28N4O3. The second-order valence-electron chi connectivity index (χ2n) is 7.14. The van der Waals surface area contributed by atoms with Crippen LogP contribution in [0.5, 0.6) is 0 Å². The molecule has 0 spiro atoms. The first-order chi connectivity index (χ1) is 12.6. The first-order valence-electron chi connectivity index (χ1n) is 9.65. The maximum absolute atomic E-state index is 12.5. The van der Waals surface area contributed by atoms with Gasteiger partial charge in [-0.2, -0.15) is 0 Å². The van der Waals surface area contributed by atoms with Crippen molar-refractivity contribution in [2.45, 2.75) is 45.1 Å². The van der Waals surface area contributed by atoms with E-state index in [1.165, 1.54) is 12.5 Å². The SMILES string of the molecule is CCN1CCC[C@@H]1CNC(=O)c1ccc(N2CCCCC2)c([N+](=O)[O-])c1. The van der Waals surface area contributed by atoms with Gasteiger partial charge in [-0.05, 0) is 57.3 Å². The zero-order valence-corrected chi connectivity index (χ0v) is 15.4.